The second-order valence-electron chi connectivity index (χ2n) is 4.36. The monoisotopic (exact) mass is 298 g/mol. The summed E-state index contributed by atoms with van der Waals surface area (Å²) in [5.74, 6) is -1.08. The minimum absolute atomic E-state index is 0.149. The summed E-state index contributed by atoms with van der Waals surface area (Å²) in [6.07, 6.45) is -4.85. The topological polar surface area (TPSA) is 44.1 Å². The molecule has 1 heterocycles. The van der Waals surface area contributed by atoms with E-state index in [0.717, 1.165) is 6.07 Å². The molecule has 0 aliphatic heterocycles. The lowest BCUT2D eigenvalue weighted by Gasteiger charge is -2.12. The second kappa shape index (κ2) is 5.59. The van der Waals surface area contributed by atoms with Gasteiger partial charge in [0.25, 0.3) is 0 Å². The van der Waals surface area contributed by atoms with Crippen molar-refractivity contribution < 1.29 is 22.7 Å². The fraction of sp³-hybridized carbons (Fsp3) is 0.286. The van der Waals surface area contributed by atoms with Crippen LogP contribution >= 0.6 is 0 Å². The summed E-state index contributed by atoms with van der Waals surface area (Å²) in [4.78, 5) is 12.4. The Kier molecular flexibility index (Phi) is 4.02. The molecule has 0 amide bonds. The fourth-order valence-electron chi connectivity index (χ4n) is 1.98. The Balaban J connectivity index is 2.44. The maximum Gasteiger partial charge on any atom is 0.573 e. The lowest BCUT2D eigenvalue weighted by atomic mass is 10.1. The molecule has 0 saturated carbocycles. The number of hydrogen-bond acceptors (Lipinski definition) is 3. The van der Waals surface area contributed by atoms with Crippen LogP contribution in [0.1, 0.15) is 28.7 Å². The highest BCUT2D eigenvalue weighted by atomic mass is 19.4. The highest BCUT2D eigenvalue weighted by Crippen LogP contribution is 2.28. The minimum atomic E-state index is -4.85. The van der Waals surface area contributed by atoms with Crippen molar-refractivity contribution in [3.63, 3.8) is 0 Å². The molecule has 0 spiro atoms. The van der Waals surface area contributed by atoms with E-state index in [-0.39, 0.29) is 11.3 Å². The molecule has 0 aliphatic carbocycles. The van der Waals surface area contributed by atoms with Crippen molar-refractivity contribution in [1.29, 1.82) is 0 Å². The van der Waals surface area contributed by atoms with Crippen LogP contribution in [0.25, 0.3) is 0 Å². The van der Waals surface area contributed by atoms with Gasteiger partial charge in [-0.25, -0.2) is 0 Å². The molecule has 0 radical (unpaired) electrons. The van der Waals surface area contributed by atoms with Gasteiger partial charge in [0.15, 0.2) is 0 Å². The fourth-order valence-corrected chi connectivity index (χ4v) is 1.98. The van der Waals surface area contributed by atoms with Crippen LogP contribution in [-0.4, -0.2) is 21.9 Å². The molecule has 4 nitrogen and oxygen atoms in total. The van der Waals surface area contributed by atoms with E-state index in [1.165, 1.54) is 28.9 Å². The Bertz CT molecular complexity index is 662. The second-order valence-corrected chi connectivity index (χ2v) is 4.36. The molecule has 0 fully saturated rings. The summed E-state index contributed by atoms with van der Waals surface area (Å²) >= 11 is 0. The van der Waals surface area contributed by atoms with Crippen molar-refractivity contribution in [3.05, 3.63) is 47.3 Å². The molecule has 7 heteroatoms. The van der Waals surface area contributed by atoms with E-state index in [9.17, 15) is 18.0 Å². The lowest BCUT2D eigenvalue weighted by molar-refractivity contribution is -0.274. The predicted octanol–water partition coefficient (Wildman–Crippen LogP) is 3.34. The summed E-state index contributed by atoms with van der Waals surface area (Å²) in [5.41, 5.74) is 0.701. The molecular weight excluding hydrogens is 285 g/mol. The molecule has 0 unspecified atom stereocenters. The first-order valence-corrected chi connectivity index (χ1v) is 6.25. The number of aromatic nitrogens is 2. The van der Waals surface area contributed by atoms with Crippen LogP contribution in [0.5, 0.6) is 5.75 Å². The number of carbonyl (C=O) groups is 1. The van der Waals surface area contributed by atoms with Crippen LogP contribution in [-0.2, 0) is 6.54 Å². The number of halogens is 3. The van der Waals surface area contributed by atoms with Crippen molar-refractivity contribution in [1.82, 2.24) is 9.78 Å². The molecular formula is C14H13F3N2O2. The quantitative estimate of drug-likeness (QED) is 0.813. The van der Waals surface area contributed by atoms with Crippen molar-refractivity contribution in [2.45, 2.75) is 26.8 Å². The summed E-state index contributed by atoms with van der Waals surface area (Å²) < 4.78 is 42.5. The number of nitrogens with zero attached hydrogens (tertiary/aromatic N) is 2. The highest BCUT2D eigenvalue weighted by Gasteiger charge is 2.33. The van der Waals surface area contributed by atoms with Crippen LogP contribution in [0, 0.1) is 6.92 Å². The van der Waals surface area contributed by atoms with Crippen LogP contribution in [0.4, 0.5) is 13.2 Å². The molecule has 2 aromatic rings. The molecule has 0 atom stereocenters. The summed E-state index contributed by atoms with van der Waals surface area (Å²) in [5, 5.41) is 4.11. The van der Waals surface area contributed by atoms with Crippen LogP contribution < -0.4 is 4.74 Å². The normalized spacial score (nSPS) is 11.5. The van der Waals surface area contributed by atoms with E-state index in [2.05, 4.69) is 9.84 Å². The van der Waals surface area contributed by atoms with Crippen molar-refractivity contribution >= 4 is 5.78 Å². The molecule has 0 aliphatic rings. The molecule has 1 aromatic heterocycles. The van der Waals surface area contributed by atoms with Crippen LogP contribution in [0.3, 0.4) is 0 Å². The minimum Gasteiger partial charge on any atom is -0.405 e. The Hall–Kier alpha value is -2.31. The average molecular weight is 298 g/mol. The van der Waals surface area contributed by atoms with E-state index in [1.807, 2.05) is 0 Å². The third-order valence-electron chi connectivity index (χ3n) is 2.79. The SMILES string of the molecule is CCn1nc(C)cc1C(=O)c1ccccc1OC(F)(F)F. The van der Waals surface area contributed by atoms with E-state index >= 15 is 0 Å². The lowest BCUT2D eigenvalue weighted by Crippen LogP contribution is -2.20. The largest absolute Gasteiger partial charge is 0.573 e. The molecule has 1 aromatic carbocycles. The molecule has 0 saturated heterocycles. The third kappa shape index (κ3) is 3.42. The van der Waals surface area contributed by atoms with Gasteiger partial charge in [-0.3, -0.25) is 9.48 Å². The number of para-hydroxylation sites is 1. The van der Waals surface area contributed by atoms with Crippen molar-refractivity contribution in [2.24, 2.45) is 0 Å². The molecule has 0 N–H and O–H groups in total. The van der Waals surface area contributed by atoms with Gasteiger partial charge < -0.3 is 4.74 Å². The Morgan fingerprint density at radius 2 is 2.00 bits per heavy atom. The average Bonchev–Trinajstić information content (AvgIpc) is 2.78. The van der Waals surface area contributed by atoms with Crippen molar-refractivity contribution in [3.8, 4) is 5.75 Å². The summed E-state index contributed by atoms with van der Waals surface area (Å²) in [6, 6.07) is 6.80. The standard InChI is InChI=1S/C14H13F3N2O2/c1-3-19-11(8-9(2)18-19)13(20)10-6-4-5-7-12(10)21-14(15,16)17/h4-8H,3H2,1-2H3. The van der Waals surface area contributed by atoms with Crippen LogP contribution in [0.15, 0.2) is 30.3 Å². The van der Waals surface area contributed by atoms with Crippen molar-refractivity contribution in [2.75, 3.05) is 0 Å². The number of ketones is 1. The third-order valence-corrected chi connectivity index (χ3v) is 2.79. The van der Waals surface area contributed by atoms with Gasteiger partial charge in [-0.2, -0.15) is 5.10 Å². The van der Waals surface area contributed by atoms with Gasteiger partial charge in [0.2, 0.25) is 5.78 Å². The molecule has 0 bridgehead atoms. The number of ether oxygens (including phenoxy) is 1. The smallest absolute Gasteiger partial charge is 0.405 e. The van der Waals surface area contributed by atoms with E-state index in [0.29, 0.717) is 12.2 Å². The van der Waals surface area contributed by atoms with Gasteiger partial charge in [-0.05, 0) is 32.0 Å². The van der Waals surface area contributed by atoms with E-state index in [1.54, 1.807) is 13.8 Å². The van der Waals surface area contributed by atoms with E-state index in [4.69, 9.17) is 0 Å². The van der Waals surface area contributed by atoms with Gasteiger partial charge in [0, 0.05) is 6.54 Å². The Morgan fingerprint density at radius 1 is 1.33 bits per heavy atom. The maximum absolute atomic E-state index is 12.4. The first-order chi connectivity index (χ1) is 9.81. The van der Waals surface area contributed by atoms with Crippen LogP contribution in [0.2, 0.25) is 0 Å². The number of hydrogen-bond donors (Lipinski definition) is 0. The number of alkyl halides is 3. The Labute approximate surface area is 119 Å². The first-order valence-electron chi connectivity index (χ1n) is 6.25. The number of benzene rings is 1. The van der Waals surface area contributed by atoms with Gasteiger partial charge in [0.05, 0.1) is 11.3 Å². The Morgan fingerprint density at radius 3 is 2.62 bits per heavy atom. The van der Waals surface area contributed by atoms with Gasteiger partial charge in [-0.15, -0.1) is 13.2 Å². The van der Waals surface area contributed by atoms with Gasteiger partial charge in [-0.1, -0.05) is 12.1 Å². The zero-order valence-corrected chi connectivity index (χ0v) is 11.4. The number of aryl methyl sites for hydroxylation is 2. The first kappa shape index (κ1) is 15.1. The number of rotatable bonds is 4. The predicted molar refractivity (Wildman–Crippen MR) is 69.2 cm³/mol. The zero-order valence-electron chi connectivity index (χ0n) is 11.4. The van der Waals surface area contributed by atoms with E-state index < -0.39 is 17.9 Å². The summed E-state index contributed by atoms with van der Waals surface area (Å²) in [6.45, 7) is 3.94. The zero-order chi connectivity index (χ0) is 15.6. The summed E-state index contributed by atoms with van der Waals surface area (Å²) in [7, 11) is 0. The highest BCUT2D eigenvalue weighted by molar-refractivity contribution is 6.09. The van der Waals surface area contributed by atoms with Gasteiger partial charge >= 0.3 is 6.36 Å². The molecule has 2 rings (SSSR count). The molecule has 21 heavy (non-hydrogen) atoms. The maximum atomic E-state index is 12.4. The number of carbonyl (C=O) groups excluding carboxylic acids is 1. The molecule has 112 valence electrons. The van der Waals surface area contributed by atoms with Gasteiger partial charge in [0.1, 0.15) is 11.4 Å².